The first-order valence-corrected chi connectivity index (χ1v) is 10.0. The Morgan fingerprint density at radius 2 is 1.79 bits per heavy atom. The standard InChI is InChI=1S/C20H27FN6O2/c1-23-8-10-26(11-9-23)19-22-17-16(18(28)25(3)20(29)24(17)2)27(19)13-14-6-4-5-7-15(21)12-14/h7,12H,4-6,8-11,13H2,1-3H3. The Balaban J connectivity index is 1.89. The van der Waals surface area contributed by atoms with E-state index < -0.39 is 5.69 Å². The van der Waals surface area contributed by atoms with Crippen LogP contribution in [0.1, 0.15) is 19.3 Å². The minimum absolute atomic E-state index is 0.233. The molecule has 0 atom stereocenters. The van der Waals surface area contributed by atoms with Crippen LogP contribution < -0.4 is 16.1 Å². The summed E-state index contributed by atoms with van der Waals surface area (Å²) in [5.74, 6) is 0.435. The number of imidazole rings is 1. The molecular formula is C20H27FN6O2. The third-order valence-corrected chi connectivity index (χ3v) is 5.86. The van der Waals surface area contributed by atoms with E-state index in [4.69, 9.17) is 4.98 Å². The quantitative estimate of drug-likeness (QED) is 0.771. The van der Waals surface area contributed by atoms with Crippen molar-refractivity contribution in [2.45, 2.75) is 25.8 Å². The summed E-state index contributed by atoms with van der Waals surface area (Å²) >= 11 is 0. The van der Waals surface area contributed by atoms with Crippen LogP contribution in [0.4, 0.5) is 10.3 Å². The maximum absolute atomic E-state index is 14.0. The van der Waals surface area contributed by atoms with Gasteiger partial charge in [0, 0.05) is 46.8 Å². The number of anilines is 1. The highest BCUT2D eigenvalue weighted by Gasteiger charge is 2.25. The fourth-order valence-corrected chi connectivity index (χ4v) is 4.06. The maximum Gasteiger partial charge on any atom is 0.332 e. The Morgan fingerprint density at radius 3 is 2.52 bits per heavy atom. The molecular weight excluding hydrogens is 375 g/mol. The van der Waals surface area contributed by atoms with E-state index in [-0.39, 0.29) is 11.4 Å². The van der Waals surface area contributed by atoms with Gasteiger partial charge in [0.1, 0.15) is 5.83 Å². The lowest BCUT2D eigenvalue weighted by atomic mass is 10.1. The normalized spacial score (nSPS) is 18.7. The zero-order chi connectivity index (χ0) is 20.7. The molecule has 0 bridgehead atoms. The van der Waals surface area contributed by atoms with Crippen molar-refractivity contribution in [3.8, 4) is 0 Å². The number of rotatable bonds is 3. The number of allylic oxidation sites excluding steroid dienone is 4. The number of fused-ring (bicyclic) bond motifs is 1. The van der Waals surface area contributed by atoms with Crippen molar-refractivity contribution in [3.05, 3.63) is 44.4 Å². The smallest absolute Gasteiger partial charge is 0.332 e. The van der Waals surface area contributed by atoms with Gasteiger partial charge in [-0.3, -0.25) is 13.9 Å². The number of likely N-dealkylation sites (N-methyl/N-ethyl adjacent to an activating group) is 1. The van der Waals surface area contributed by atoms with E-state index >= 15 is 0 Å². The van der Waals surface area contributed by atoms with Crippen molar-refractivity contribution >= 4 is 17.1 Å². The summed E-state index contributed by atoms with van der Waals surface area (Å²) in [7, 11) is 5.18. The molecule has 0 aromatic carbocycles. The summed E-state index contributed by atoms with van der Waals surface area (Å²) in [5.41, 5.74) is 0.901. The fraction of sp³-hybridized carbons (Fsp3) is 0.550. The van der Waals surface area contributed by atoms with Gasteiger partial charge in [-0.05, 0) is 44.0 Å². The number of halogens is 1. The van der Waals surface area contributed by atoms with Crippen molar-refractivity contribution < 1.29 is 4.39 Å². The van der Waals surface area contributed by atoms with Crippen LogP contribution in [0.3, 0.4) is 0 Å². The van der Waals surface area contributed by atoms with Gasteiger partial charge >= 0.3 is 5.69 Å². The molecule has 2 aromatic heterocycles. The van der Waals surface area contributed by atoms with Crippen molar-refractivity contribution in [1.82, 2.24) is 23.6 Å². The van der Waals surface area contributed by atoms with Crippen molar-refractivity contribution in [3.63, 3.8) is 0 Å². The van der Waals surface area contributed by atoms with Crippen molar-refractivity contribution in [1.29, 1.82) is 0 Å². The SMILES string of the molecule is CN1CCN(c2nc3c(c(=O)n(C)c(=O)n3C)n2CC2=CC(F)=CCCC2)CC1. The molecule has 0 saturated carbocycles. The molecule has 0 radical (unpaired) electrons. The monoisotopic (exact) mass is 402 g/mol. The average molecular weight is 402 g/mol. The molecule has 0 amide bonds. The second-order valence-corrected chi connectivity index (χ2v) is 7.95. The molecule has 0 spiro atoms. The third-order valence-electron chi connectivity index (χ3n) is 5.86. The number of hydrogen-bond donors (Lipinski definition) is 0. The van der Waals surface area contributed by atoms with E-state index in [1.165, 1.54) is 11.6 Å². The zero-order valence-electron chi connectivity index (χ0n) is 17.2. The van der Waals surface area contributed by atoms with E-state index in [9.17, 15) is 14.0 Å². The van der Waals surface area contributed by atoms with Gasteiger partial charge in [0.2, 0.25) is 5.95 Å². The number of piperazine rings is 1. The van der Waals surface area contributed by atoms with Gasteiger partial charge in [0.15, 0.2) is 11.2 Å². The summed E-state index contributed by atoms with van der Waals surface area (Å²) in [6, 6.07) is 0. The highest BCUT2D eigenvalue weighted by molar-refractivity contribution is 5.74. The van der Waals surface area contributed by atoms with Gasteiger partial charge in [0.05, 0.1) is 0 Å². The molecule has 29 heavy (non-hydrogen) atoms. The van der Waals surface area contributed by atoms with Crippen molar-refractivity contribution in [2.75, 3.05) is 38.1 Å². The summed E-state index contributed by atoms with van der Waals surface area (Å²) in [6.07, 6.45) is 5.50. The molecule has 3 heterocycles. The van der Waals surface area contributed by atoms with Gasteiger partial charge in [-0.15, -0.1) is 0 Å². The largest absolute Gasteiger partial charge is 0.340 e. The van der Waals surface area contributed by atoms with E-state index in [0.717, 1.165) is 49.2 Å². The molecule has 0 unspecified atom stereocenters. The topological polar surface area (TPSA) is 68.3 Å². The van der Waals surface area contributed by atoms with Crippen LogP contribution in [0.15, 0.2) is 33.1 Å². The molecule has 1 aliphatic heterocycles. The van der Waals surface area contributed by atoms with E-state index in [1.54, 1.807) is 19.2 Å². The number of aromatic nitrogens is 4. The first-order valence-electron chi connectivity index (χ1n) is 10.0. The molecule has 1 aliphatic carbocycles. The fourth-order valence-electron chi connectivity index (χ4n) is 4.06. The summed E-state index contributed by atoms with van der Waals surface area (Å²) in [5, 5.41) is 0. The lowest BCUT2D eigenvalue weighted by Gasteiger charge is -2.33. The zero-order valence-corrected chi connectivity index (χ0v) is 17.2. The lowest BCUT2D eigenvalue weighted by Crippen LogP contribution is -2.45. The van der Waals surface area contributed by atoms with E-state index in [2.05, 4.69) is 16.8 Å². The van der Waals surface area contributed by atoms with Crippen LogP contribution >= 0.6 is 0 Å². The average Bonchev–Trinajstić information content (AvgIpc) is 2.94. The second kappa shape index (κ2) is 7.62. The van der Waals surface area contributed by atoms with Crippen LogP contribution in [-0.4, -0.2) is 56.8 Å². The summed E-state index contributed by atoms with van der Waals surface area (Å²) in [4.78, 5) is 34.5. The van der Waals surface area contributed by atoms with Crippen molar-refractivity contribution in [2.24, 2.45) is 14.1 Å². The van der Waals surface area contributed by atoms with Crippen LogP contribution in [-0.2, 0) is 20.6 Å². The Hall–Kier alpha value is -2.68. The van der Waals surface area contributed by atoms with Crippen LogP contribution in [0.5, 0.6) is 0 Å². The highest BCUT2D eigenvalue weighted by Crippen LogP contribution is 2.25. The van der Waals surface area contributed by atoms with Crippen LogP contribution in [0, 0.1) is 0 Å². The Labute approximate surface area is 168 Å². The molecule has 156 valence electrons. The molecule has 1 fully saturated rings. The number of nitrogens with zero attached hydrogens (tertiary/aromatic N) is 6. The highest BCUT2D eigenvalue weighted by atomic mass is 19.1. The van der Waals surface area contributed by atoms with Crippen LogP contribution in [0.25, 0.3) is 11.2 Å². The molecule has 8 nitrogen and oxygen atoms in total. The molecule has 2 aliphatic rings. The molecule has 4 rings (SSSR count). The van der Waals surface area contributed by atoms with Gasteiger partial charge in [-0.2, -0.15) is 4.98 Å². The first-order chi connectivity index (χ1) is 13.9. The summed E-state index contributed by atoms with van der Waals surface area (Å²) in [6.45, 7) is 3.72. The first kappa shape index (κ1) is 19.6. The Bertz CT molecular complexity index is 1110. The van der Waals surface area contributed by atoms with E-state index in [1.807, 2.05) is 4.57 Å². The minimum Gasteiger partial charge on any atom is -0.340 e. The van der Waals surface area contributed by atoms with Gasteiger partial charge in [-0.1, -0.05) is 0 Å². The second-order valence-electron chi connectivity index (χ2n) is 7.95. The molecule has 0 N–H and O–H groups in total. The van der Waals surface area contributed by atoms with Gasteiger partial charge in [0.25, 0.3) is 5.56 Å². The summed E-state index contributed by atoms with van der Waals surface area (Å²) < 4.78 is 18.4. The maximum atomic E-state index is 14.0. The minimum atomic E-state index is -0.403. The van der Waals surface area contributed by atoms with Crippen LogP contribution in [0.2, 0.25) is 0 Å². The molecule has 1 saturated heterocycles. The Morgan fingerprint density at radius 1 is 1.07 bits per heavy atom. The van der Waals surface area contributed by atoms with E-state index in [0.29, 0.717) is 30.1 Å². The lowest BCUT2D eigenvalue weighted by molar-refractivity contribution is 0.310. The number of hydrogen-bond acceptors (Lipinski definition) is 5. The third kappa shape index (κ3) is 3.55. The molecule has 2 aromatic rings. The predicted molar refractivity (Wildman–Crippen MR) is 111 cm³/mol. The molecule has 9 heteroatoms. The van der Waals surface area contributed by atoms with Gasteiger partial charge < -0.3 is 14.4 Å². The predicted octanol–water partition coefficient (Wildman–Crippen LogP) is 1.15. The van der Waals surface area contributed by atoms with Gasteiger partial charge in [-0.25, -0.2) is 9.18 Å². The Kier molecular flexibility index (Phi) is 5.16. The number of aryl methyl sites for hydroxylation is 1.